The number of aromatic hydroxyl groups is 2. The molecule has 0 heterocycles. The molecule has 0 fully saturated rings. The summed E-state index contributed by atoms with van der Waals surface area (Å²) in [5, 5.41) is 21.6. The van der Waals surface area contributed by atoms with Crippen molar-refractivity contribution in [3.63, 3.8) is 0 Å². The third-order valence-corrected chi connectivity index (χ3v) is 7.71. The van der Waals surface area contributed by atoms with Gasteiger partial charge in [-0.25, -0.2) is 0 Å². The van der Waals surface area contributed by atoms with Gasteiger partial charge in [0.2, 0.25) is 0 Å². The van der Waals surface area contributed by atoms with E-state index in [2.05, 4.69) is 39.8 Å². The van der Waals surface area contributed by atoms with E-state index in [1.54, 1.807) is 0 Å². The van der Waals surface area contributed by atoms with Crippen LogP contribution in [-0.2, 0) is 18.3 Å². The topological polar surface area (TPSA) is 40.5 Å². The van der Waals surface area contributed by atoms with E-state index in [1.165, 1.54) is 88.2 Å². The highest BCUT2D eigenvalue weighted by atomic mass is 16.3. The van der Waals surface area contributed by atoms with Crippen LogP contribution in [0.1, 0.15) is 140 Å². The molecule has 0 saturated heterocycles. The Bertz CT molecular complexity index is 783. The highest BCUT2D eigenvalue weighted by Gasteiger charge is 2.30. The molecule has 2 N–H and O–H groups in total. The van der Waals surface area contributed by atoms with Crippen LogP contribution in [-0.4, -0.2) is 10.2 Å². The maximum Gasteiger partial charge on any atom is 0.119 e. The molecule has 2 heteroatoms. The van der Waals surface area contributed by atoms with Crippen molar-refractivity contribution < 1.29 is 10.2 Å². The summed E-state index contributed by atoms with van der Waals surface area (Å²) in [5.41, 5.74) is 4.25. The highest BCUT2D eigenvalue weighted by Crippen LogP contribution is 2.41. The van der Waals surface area contributed by atoms with Crippen LogP contribution in [0.15, 0.2) is 36.4 Å². The van der Waals surface area contributed by atoms with E-state index in [0.717, 1.165) is 36.8 Å². The van der Waals surface area contributed by atoms with Crippen LogP contribution in [0.5, 0.6) is 11.5 Å². The number of rotatable bonds is 18. The Hall–Kier alpha value is -1.96. The monoisotopic (exact) mass is 480 g/mol. The van der Waals surface area contributed by atoms with Gasteiger partial charge >= 0.3 is 0 Å². The first-order valence-corrected chi connectivity index (χ1v) is 14.6. The molecule has 0 aliphatic rings. The molecule has 0 saturated carbocycles. The fourth-order valence-corrected chi connectivity index (χ4v) is 5.51. The predicted octanol–water partition coefficient (Wildman–Crippen LogP) is 10.0. The summed E-state index contributed by atoms with van der Waals surface area (Å²) in [4.78, 5) is 0. The third kappa shape index (κ3) is 9.21. The van der Waals surface area contributed by atoms with Gasteiger partial charge < -0.3 is 10.2 Å². The molecule has 2 aromatic carbocycles. The van der Waals surface area contributed by atoms with E-state index >= 15 is 0 Å². The van der Waals surface area contributed by atoms with E-state index in [-0.39, 0.29) is 5.41 Å². The predicted molar refractivity (Wildman–Crippen MR) is 152 cm³/mol. The number of hydrogen-bond donors (Lipinski definition) is 2. The SMILES string of the molecule is CCCCCCCCCc1c(O)cccc1C(C)(C)c1cccc(O)c1CCCCCCCCC. The molecule has 2 nitrogen and oxygen atoms in total. The van der Waals surface area contributed by atoms with Crippen molar-refractivity contribution in [3.8, 4) is 11.5 Å². The quantitative estimate of drug-likeness (QED) is 0.208. The average molecular weight is 481 g/mol. The van der Waals surface area contributed by atoms with Gasteiger partial charge in [-0.2, -0.15) is 0 Å². The second-order valence-corrected chi connectivity index (χ2v) is 11.0. The molecule has 0 aromatic heterocycles. The first kappa shape index (κ1) is 29.3. The molecule has 0 atom stereocenters. The van der Waals surface area contributed by atoms with Crippen molar-refractivity contribution in [1.29, 1.82) is 0 Å². The second kappa shape index (κ2) is 15.9. The zero-order valence-corrected chi connectivity index (χ0v) is 23.2. The van der Waals surface area contributed by atoms with Crippen LogP contribution in [0, 0.1) is 0 Å². The summed E-state index contributed by atoms with van der Waals surface area (Å²) in [6, 6.07) is 12.0. The molecular formula is C33H52O2. The van der Waals surface area contributed by atoms with Gasteiger partial charge in [0.1, 0.15) is 11.5 Å². The molecule has 35 heavy (non-hydrogen) atoms. The molecular weight excluding hydrogens is 428 g/mol. The summed E-state index contributed by atoms with van der Waals surface area (Å²) in [5.74, 6) is 0.825. The van der Waals surface area contributed by atoms with Crippen molar-refractivity contribution in [2.24, 2.45) is 0 Å². The summed E-state index contributed by atoms with van der Waals surface area (Å²) in [6.45, 7) is 9.01. The van der Waals surface area contributed by atoms with E-state index < -0.39 is 0 Å². The Morgan fingerprint density at radius 2 is 0.857 bits per heavy atom. The zero-order valence-electron chi connectivity index (χ0n) is 23.2. The first-order valence-electron chi connectivity index (χ1n) is 14.6. The van der Waals surface area contributed by atoms with Gasteiger partial charge in [-0.3, -0.25) is 0 Å². The highest BCUT2D eigenvalue weighted by molar-refractivity contribution is 5.52. The minimum absolute atomic E-state index is 0.287. The summed E-state index contributed by atoms with van der Waals surface area (Å²) in [6.07, 6.45) is 19.6. The lowest BCUT2D eigenvalue weighted by Crippen LogP contribution is -2.23. The van der Waals surface area contributed by atoms with E-state index in [1.807, 2.05) is 24.3 Å². The third-order valence-electron chi connectivity index (χ3n) is 7.71. The molecule has 2 aromatic rings. The van der Waals surface area contributed by atoms with Crippen LogP contribution in [0.2, 0.25) is 0 Å². The lowest BCUT2D eigenvalue weighted by Gasteiger charge is -2.31. The molecule has 2 rings (SSSR count). The Morgan fingerprint density at radius 1 is 0.514 bits per heavy atom. The first-order chi connectivity index (χ1) is 16.9. The number of unbranched alkanes of at least 4 members (excludes halogenated alkanes) is 12. The van der Waals surface area contributed by atoms with Crippen LogP contribution in [0.4, 0.5) is 0 Å². The molecule has 0 aliphatic carbocycles. The Labute approximate surface area is 216 Å². The van der Waals surface area contributed by atoms with Crippen molar-refractivity contribution in [3.05, 3.63) is 58.7 Å². The normalized spacial score (nSPS) is 11.8. The maximum absolute atomic E-state index is 10.8. The minimum atomic E-state index is -0.287. The summed E-state index contributed by atoms with van der Waals surface area (Å²) >= 11 is 0. The maximum atomic E-state index is 10.8. The second-order valence-electron chi connectivity index (χ2n) is 11.0. The fourth-order valence-electron chi connectivity index (χ4n) is 5.51. The molecule has 196 valence electrons. The zero-order chi connectivity index (χ0) is 25.5. The minimum Gasteiger partial charge on any atom is -0.508 e. The lowest BCUT2D eigenvalue weighted by molar-refractivity contribution is 0.456. The van der Waals surface area contributed by atoms with Crippen LogP contribution in [0.25, 0.3) is 0 Å². The van der Waals surface area contributed by atoms with Gasteiger partial charge in [-0.05, 0) is 60.1 Å². The Balaban J connectivity index is 2.12. The van der Waals surface area contributed by atoms with Crippen LogP contribution >= 0.6 is 0 Å². The molecule has 0 aliphatic heterocycles. The van der Waals surface area contributed by atoms with Crippen molar-refractivity contribution in [2.75, 3.05) is 0 Å². The molecule has 0 radical (unpaired) electrons. The molecule has 0 spiro atoms. The van der Waals surface area contributed by atoms with Gasteiger partial charge in [0.15, 0.2) is 0 Å². The van der Waals surface area contributed by atoms with E-state index in [4.69, 9.17) is 0 Å². The average Bonchev–Trinajstić information content (AvgIpc) is 2.84. The summed E-state index contributed by atoms with van der Waals surface area (Å²) < 4.78 is 0. The fraction of sp³-hybridized carbons (Fsp3) is 0.636. The molecule has 0 bridgehead atoms. The van der Waals surface area contributed by atoms with Crippen molar-refractivity contribution in [1.82, 2.24) is 0 Å². The molecule has 0 amide bonds. The Kier molecular flexibility index (Phi) is 13.3. The van der Waals surface area contributed by atoms with E-state index in [0.29, 0.717) is 11.5 Å². The van der Waals surface area contributed by atoms with E-state index in [9.17, 15) is 10.2 Å². The van der Waals surface area contributed by atoms with Crippen LogP contribution in [0.3, 0.4) is 0 Å². The molecule has 0 unspecified atom stereocenters. The van der Waals surface area contributed by atoms with Gasteiger partial charge in [0.25, 0.3) is 0 Å². The van der Waals surface area contributed by atoms with Gasteiger partial charge in [0, 0.05) is 5.41 Å². The van der Waals surface area contributed by atoms with Crippen molar-refractivity contribution >= 4 is 0 Å². The number of hydrogen-bond acceptors (Lipinski definition) is 2. The largest absolute Gasteiger partial charge is 0.508 e. The van der Waals surface area contributed by atoms with Gasteiger partial charge in [0.05, 0.1) is 0 Å². The smallest absolute Gasteiger partial charge is 0.119 e. The van der Waals surface area contributed by atoms with Crippen LogP contribution < -0.4 is 0 Å². The summed E-state index contributed by atoms with van der Waals surface area (Å²) in [7, 11) is 0. The number of phenolic OH excluding ortho intramolecular Hbond substituents is 2. The van der Waals surface area contributed by atoms with Gasteiger partial charge in [-0.15, -0.1) is 0 Å². The Morgan fingerprint density at radius 3 is 1.23 bits per heavy atom. The van der Waals surface area contributed by atoms with Gasteiger partial charge in [-0.1, -0.05) is 129 Å². The van der Waals surface area contributed by atoms with Crippen molar-refractivity contribution in [2.45, 2.75) is 136 Å². The standard InChI is InChI=1S/C33H52O2/c1-5-7-9-11-13-15-17-21-27-29(23-19-25-31(27)34)33(3,4)30-24-20-26-32(35)28(30)22-18-16-14-12-10-8-6-2/h19-20,23-26,34-35H,5-18,21-22H2,1-4H3. The lowest BCUT2D eigenvalue weighted by atomic mass is 9.72. The number of phenols is 2. The number of benzene rings is 2.